The summed E-state index contributed by atoms with van der Waals surface area (Å²) in [7, 11) is 2.02. The van der Waals surface area contributed by atoms with E-state index in [1.54, 1.807) is 0 Å². The molecule has 2 aromatic carbocycles. The number of phenols is 1. The maximum absolute atomic E-state index is 11.1. The Balaban J connectivity index is 1.60. The van der Waals surface area contributed by atoms with Crippen molar-refractivity contribution in [2.45, 2.75) is 0 Å². The molecule has 1 aliphatic rings. The number of aromatic hydroxyl groups is 1. The van der Waals surface area contributed by atoms with Gasteiger partial charge in [-0.15, -0.1) is 0 Å². The summed E-state index contributed by atoms with van der Waals surface area (Å²) in [4.78, 5) is 38.4. The average molecular weight is 573 g/mol. The smallest absolute Gasteiger partial charge is 0.271 e. The van der Waals surface area contributed by atoms with Gasteiger partial charge in [-0.2, -0.15) is 20.1 Å². The molecular weight excluding hydrogens is 552 g/mol. The van der Waals surface area contributed by atoms with Crippen LogP contribution in [0.4, 0.5) is 34.9 Å². The summed E-state index contributed by atoms with van der Waals surface area (Å²) in [5.74, 6) is 0.432. The molecule has 192 valence electrons. The highest BCUT2D eigenvalue weighted by molar-refractivity contribution is 9.10. The molecule has 0 saturated carbocycles. The molecule has 1 fully saturated rings. The van der Waals surface area contributed by atoms with Gasteiger partial charge in [0.15, 0.2) is 0 Å². The minimum atomic E-state index is -0.584. The molecule has 3 N–H and O–H groups in total. The molecule has 3 aromatic rings. The highest BCUT2D eigenvalue weighted by Gasteiger charge is 2.19. The van der Waals surface area contributed by atoms with Gasteiger partial charge in [-0.1, -0.05) is 0 Å². The van der Waals surface area contributed by atoms with E-state index in [9.17, 15) is 25.3 Å². The Hall–Kier alpha value is -4.44. The van der Waals surface area contributed by atoms with Crippen LogP contribution in [0.15, 0.2) is 46.0 Å². The third kappa shape index (κ3) is 6.42. The molecule has 0 spiro atoms. The summed E-state index contributed by atoms with van der Waals surface area (Å²) < 4.78 is 0.148. The molecule has 15 nitrogen and oxygen atoms in total. The molecular formula is C21H21BrN10O5. The minimum absolute atomic E-state index is 0.0490. The van der Waals surface area contributed by atoms with Crippen molar-refractivity contribution in [1.82, 2.24) is 19.9 Å². The number of phenolic OH excluding ortho intramolecular Hbond substituents is 1. The van der Waals surface area contributed by atoms with E-state index in [0.717, 1.165) is 13.1 Å². The number of hydrogen-bond donors (Lipinski definition) is 3. The number of halogens is 1. The maximum atomic E-state index is 11.1. The molecule has 0 amide bonds. The topological polar surface area (TPSA) is 188 Å². The number of nitro benzene ring substituents is 2. The Bertz CT molecular complexity index is 1350. The van der Waals surface area contributed by atoms with Crippen LogP contribution >= 0.6 is 15.9 Å². The second-order valence-corrected chi connectivity index (χ2v) is 8.85. The van der Waals surface area contributed by atoms with Gasteiger partial charge in [-0.25, -0.2) is 5.43 Å². The fourth-order valence-corrected chi connectivity index (χ4v) is 3.85. The summed E-state index contributed by atoms with van der Waals surface area (Å²) in [6, 6.07) is 8.15. The quantitative estimate of drug-likeness (QED) is 0.203. The van der Waals surface area contributed by atoms with Crippen molar-refractivity contribution in [2.75, 3.05) is 48.9 Å². The molecule has 1 saturated heterocycles. The lowest BCUT2D eigenvalue weighted by Crippen LogP contribution is -2.45. The van der Waals surface area contributed by atoms with E-state index < -0.39 is 9.85 Å². The number of likely N-dealkylation sites (N-methyl/N-ethyl adjacent to an activating group) is 1. The standard InChI is InChI=1S/C21H21BrN10O5/c1-29-6-8-30(9-7-29)21-26-19(24-14-2-4-15(5-3-14)31(34)35)25-20(27-21)28-23-12-13-10-16(32(36)37)11-17(22)18(13)33/h2-5,10-12,33H,6-9H2,1H3,(H2,24,25,26,27,28)/b23-12-. The van der Waals surface area contributed by atoms with Gasteiger partial charge in [0.25, 0.3) is 11.4 Å². The predicted molar refractivity (Wildman–Crippen MR) is 140 cm³/mol. The zero-order valence-corrected chi connectivity index (χ0v) is 21.0. The Morgan fingerprint density at radius 2 is 1.65 bits per heavy atom. The second kappa shape index (κ2) is 11.1. The highest BCUT2D eigenvalue weighted by atomic mass is 79.9. The van der Waals surface area contributed by atoms with Gasteiger partial charge in [-0.05, 0) is 35.1 Å². The molecule has 1 aromatic heterocycles. The Morgan fingerprint density at radius 1 is 1.00 bits per heavy atom. The molecule has 0 unspecified atom stereocenters. The van der Waals surface area contributed by atoms with E-state index in [0.29, 0.717) is 24.7 Å². The summed E-state index contributed by atoms with van der Waals surface area (Å²) in [6.07, 6.45) is 1.20. The lowest BCUT2D eigenvalue weighted by atomic mass is 10.2. The van der Waals surface area contributed by atoms with Gasteiger partial charge in [0.05, 0.1) is 20.5 Å². The van der Waals surface area contributed by atoms with Gasteiger partial charge in [0, 0.05) is 61.7 Å². The molecule has 1 aliphatic heterocycles. The normalized spacial score (nSPS) is 14.1. The summed E-state index contributed by atoms with van der Waals surface area (Å²) in [5.41, 5.74) is 3.03. The number of anilines is 4. The zero-order valence-electron chi connectivity index (χ0n) is 19.4. The van der Waals surface area contributed by atoms with Crippen molar-refractivity contribution in [1.29, 1.82) is 0 Å². The predicted octanol–water partition coefficient (Wildman–Crippen LogP) is 3.10. The van der Waals surface area contributed by atoms with E-state index in [4.69, 9.17) is 0 Å². The van der Waals surface area contributed by atoms with Crippen molar-refractivity contribution in [3.05, 3.63) is 66.7 Å². The van der Waals surface area contributed by atoms with E-state index in [1.807, 2.05) is 11.9 Å². The van der Waals surface area contributed by atoms with Crippen LogP contribution in [0.3, 0.4) is 0 Å². The van der Waals surface area contributed by atoms with Crippen LogP contribution in [0, 0.1) is 20.2 Å². The summed E-state index contributed by atoms with van der Waals surface area (Å²) in [5, 5.41) is 39.3. The first-order valence-electron chi connectivity index (χ1n) is 10.9. The fourth-order valence-electron chi connectivity index (χ4n) is 3.38. The minimum Gasteiger partial charge on any atom is -0.506 e. The third-order valence-corrected chi connectivity index (χ3v) is 6.01. The molecule has 2 heterocycles. The number of hydrazone groups is 1. The lowest BCUT2D eigenvalue weighted by Gasteiger charge is -2.32. The summed E-state index contributed by atoms with van der Waals surface area (Å²) in [6.45, 7) is 3.02. The molecule has 0 aliphatic carbocycles. The lowest BCUT2D eigenvalue weighted by molar-refractivity contribution is -0.385. The van der Waals surface area contributed by atoms with Gasteiger partial charge >= 0.3 is 0 Å². The van der Waals surface area contributed by atoms with E-state index >= 15 is 0 Å². The molecule has 0 radical (unpaired) electrons. The molecule has 16 heteroatoms. The van der Waals surface area contributed by atoms with Crippen LogP contribution in [-0.4, -0.2) is 74.2 Å². The van der Waals surface area contributed by atoms with Crippen molar-refractivity contribution in [3.8, 4) is 5.75 Å². The number of piperazine rings is 1. The van der Waals surface area contributed by atoms with Crippen LogP contribution in [0.1, 0.15) is 5.56 Å². The maximum Gasteiger partial charge on any atom is 0.271 e. The number of non-ortho nitro benzene ring substituents is 2. The Morgan fingerprint density at radius 3 is 2.30 bits per heavy atom. The van der Waals surface area contributed by atoms with Gasteiger partial charge in [0.2, 0.25) is 17.8 Å². The SMILES string of the molecule is CN1CCN(c2nc(N/N=C\c3cc([N+](=O)[O-])cc(Br)c3O)nc(Nc3ccc([N+](=O)[O-])cc3)n2)CC1. The first kappa shape index (κ1) is 25.6. The average Bonchev–Trinajstić information content (AvgIpc) is 2.87. The molecule has 0 atom stereocenters. The number of nitrogens with zero attached hydrogens (tertiary/aromatic N) is 8. The van der Waals surface area contributed by atoms with Gasteiger partial charge in [0.1, 0.15) is 5.75 Å². The van der Waals surface area contributed by atoms with Crippen LogP contribution in [0.25, 0.3) is 0 Å². The molecule has 37 heavy (non-hydrogen) atoms. The number of aromatic nitrogens is 3. The molecule has 4 rings (SSSR count). The number of nitrogens with one attached hydrogen (secondary N) is 2. The van der Waals surface area contributed by atoms with E-state index in [-0.39, 0.29) is 39.1 Å². The molecule has 0 bridgehead atoms. The Kier molecular flexibility index (Phi) is 7.69. The number of hydrogen-bond acceptors (Lipinski definition) is 13. The zero-order chi connectivity index (χ0) is 26.5. The van der Waals surface area contributed by atoms with Gasteiger partial charge in [-0.3, -0.25) is 20.2 Å². The van der Waals surface area contributed by atoms with Crippen molar-refractivity contribution < 1.29 is 15.0 Å². The third-order valence-electron chi connectivity index (χ3n) is 5.40. The summed E-state index contributed by atoms with van der Waals surface area (Å²) >= 11 is 3.09. The first-order valence-corrected chi connectivity index (χ1v) is 11.7. The van der Waals surface area contributed by atoms with Crippen molar-refractivity contribution in [3.63, 3.8) is 0 Å². The largest absolute Gasteiger partial charge is 0.506 e. The first-order chi connectivity index (χ1) is 17.7. The van der Waals surface area contributed by atoms with Crippen LogP contribution in [-0.2, 0) is 0 Å². The number of nitro groups is 2. The van der Waals surface area contributed by atoms with Crippen LogP contribution in [0.2, 0.25) is 0 Å². The Labute approximate surface area is 218 Å². The van der Waals surface area contributed by atoms with Crippen LogP contribution in [0.5, 0.6) is 5.75 Å². The monoisotopic (exact) mass is 572 g/mol. The highest BCUT2D eigenvalue weighted by Crippen LogP contribution is 2.31. The van der Waals surface area contributed by atoms with E-state index in [1.165, 1.54) is 42.6 Å². The fraction of sp³-hybridized carbons (Fsp3) is 0.238. The number of rotatable bonds is 8. The van der Waals surface area contributed by atoms with Crippen molar-refractivity contribution >= 4 is 57.1 Å². The van der Waals surface area contributed by atoms with Crippen LogP contribution < -0.4 is 15.6 Å². The number of benzene rings is 2. The van der Waals surface area contributed by atoms with Crippen molar-refractivity contribution in [2.24, 2.45) is 5.10 Å². The van der Waals surface area contributed by atoms with E-state index in [2.05, 4.69) is 51.6 Å². The van der Waals surface area contributed by atoms with Gasteiger partial charge < -0.3 is 20.2 Å². The second-order valence-electron chi connectivity index (χ2n) is 7.99.